The van der Waals surface area contributed by atoms with E-state index >= 15 is 0 Å². The zero-order valence-corrected chi connectivity index (χ0v) is 9.09. The number of aliphatic imine (C=N–C) groups is 1. The molecule has 0 aromatic rings. The number of nitrogens with two attached hydrogens (primary N) is 1. The number of nitrogens with zero attached hydrogens (tertiary/aromatic N) is 2. The maximum atomic E-state index is 11.7. The van der Waals surface area contributed by atoms with E-state index in [4.69, 9.17) is 10.8 Å². The first-order chi connectivity index (χ1) is 7.78. The predicted molar refractivity (Wildman–Crippen MR) is 53.8 cm³/mol. The average molecular weight is 271 g/mol. The van der Waals surface area contributed by atoms with Gasteiger partial charge in [-0.05, 0) is 0 Å². The summed E-state index contributed by atoms with van der Waals surface area (Å²) in [5.74, 6) is -1.12. The number of hydrogen-bond acceptors (Lipinski definition) is 5. The van der Waals surface area contributed by atoms with Gasteiger partial charge >= 0.3 is 12.1 Å². The third kappa shape index (κ3) is 4.95. The Kier molecular flexibility index (Phi) is 4.23. The van der Waals surface area contributed by atoms with Gasteiger partial charge < -0.3 is 10.8 Å². The van der Waals surface area contributed by atoms with Gasteiger partial charge in [0.2, 0.25) is 0 Å². The normalized spacial score (nSPS) is 20.3. The van der Waals surface area contributed by atoms with Crippen molar-refractivity contribution in [3.05, 3.63) is 11.1 Å². The molecule has 17 heavy (non-hydrogen) atoms. The van der Waals surface area contributed by atoms with Crippen LogP contribution in [0.15, 0.2) is 20.6 Å². The van der Waals surface area contributed by atoms with E-state index in [9.17, 15) is 18.0 Å². The molecule has 10 heteroatoms. The number of carboxylic acids is 1. The largest absolute Gasteiger partial charge is 0.481 e. The van der Waals surface area contributed by atoms with E-state index in [0.29, 0.717) is 0 Å². The van der Waals surface area contributed by atoms with Gasteiger partial charge in [0.1, 0.15) is 0 Å². The van der Waals surface area contributed by atoms with Crippen LogP contribution in [-0.4, -0.2) is 29.0 Å². The molecule has 0 saturated carbocycles. The Morgan fingerprint density at radius 3 is 2.82 bits per heavy atom. The van der Waals surface area contributed by atoms with Crippen LogP contribution in [-0.2, 0) is 20.3 Å². The topological polar surface area (TPSA) is 97.3 Å². The average Bonchev–Trinajstić information content (AvgIpc) is 2.43. The van der Waals surface area contributed by atoms with Gasteiger partial charge in [-0.3, -0.25) is 4.79 Å². The SMILES string of the molecule is NC1=NC(CC(=O)O)=C/S1=N/OCC(F)(F)F. The highest BCUT2D eigenvalue weighted by atomic mass is 32.2. The molecule has 0 aromatic carbocycles. The molecule has 1 aliphatic heterocycles. The number of halogens is 3. The molecule has 0 spiro atoms. The van der Waals surface area contributed by atoms with Crippen LogP contribution in [0.25, 0.3) is 0 Å². The van der Waals surface area contributed by atoms with E-state index in [0.717, 1.165) is 0 Å². The molecule has 0 aromatic heterocycles. The van der Waals surface area contributed by atoms with Gasteiger partial charge in [-0.15, -0.1) is 0 Å². The predicted octanol–water partition coefficient (Wildman–Crippen LogP) is 0.927. The molecule has 0 amide bonds. The van der Waals surface area contributed by atoms with Crippen LogP contribution < -0.4 is 5.73 Å². The van der Waals surface area contributed by atoms with Crippen molar-refractivity contribution in [2.75, 3.05) is 6.61 Å². The smallest absolute Gasteiger partial charge is 0.414 e. The summed E-state index contributed by atoms with van der Waals surface area (Å²) in [6.45, 7) is -1.52. The Balaban J connectivity index is 2.61. The Labute approximate surface area is 96.0 Å². The molecule has 1 atom stereocenters. The Morgan fingerprint density at radius 2 is 2.29 bits per heavy atom. The molecule has 0 fully saturated rings. The van der Waals surface area contributed by atoms with Crippen LogP contribution in [0, 0.1) is 0 Å². The standard InChI is InChI=1S/C7H8F3N3O3S/c8-7(9,10)3-16-13-17-2-4(1-5(14)15)12-6(17)11/h2H,1,3H2,(H2,11,12)(H,14,15). The van der Waals surface area contributed by atoms with Crippen molar-refractivity contribution in [3.8, 4) is 0 Å². The monoisotopic (exact) mass is 271 g/mol. The van der Waals surface area contributed by atoms with Crippen molar-refractivity contribution in [1.29, 1.82) is 0 Å². The second kappa shape index (κ2) is 5.27. The molecule has 1 aliphatic rings. The first-order valence-electron chi connectivity index (χ1n) is 4.17. The first kappa shape index (κ1) is 13.6. The Morgan fingerprint density at radius 1 is 1.65 bits per heavy atom. The summed E-state index contributed by atoms with van der Waals surface area (Å²) in [6.07, 6.45) is -4.84. The second-order valence-corrected chi connectivity index (χ2v) is 4.34. The van der Waals surface area contributed by atoms with Crippen molar-refractivity contribution in [1.82, 2.24) is 0 Å². The summed E-state index contributed by atoms with van der Waals surface area (Å²) in [5, 5.41) is 9.67. The zero-order chi connectivity index (χ0) is 13.1. The van der Waals surface area contributed by atoms with Crippen molar-refractivity contribution in [3.63, 3.8) is 0 Å². The third-order valence-electron chi connectivity index (χ3n) is 1.41. The van der Waals surface area contributed by atoms with Crippen LogP contribution >= 0.6 is 0 Å². The maximum Gasteiger partial charge on any atom is 0.414 e. The lowest BCUT2D eigenvalue weighted by atomic mass is 10.3. The van der Waals surface area contributed by atoms with Crippen LogP contribution in [0.4, 0.5) is 13.2 Å². The molecule has 6 nitrogen and oxygen atoms in total. The summed E-state index contributed by atoms with van der Waals surface area (Å²) in [4.78, 5) is 18.1. The highest BCUT2D eigenvalue weighted by Crippen LogP contribution is 2.17. The van der Waals surface area contributed by atoms with Crippen molar-refractivity contribution < 1.29 is 27.9 Å². The summed E-state index contributed by atoms with van der Waals surface area (Å²) >= 11 is 0. The van der Waals surface area contributed by atoms with E-state index in [1.165, 1.54) is 5.41 Å². The lowest BCUT2D eigenvalue weighted by Gasteiger charge is -2.02. The minimum atomic E-state index is -4.48. The summed E-state index contributed by atoms with van der Waals surface area (Å²) in [5.41, 5.74) is 5.51. The van der Waals surface area contributed by atoms with Crippen LogP contribution in [0.5, 0.6) is 0 Å². The number of carbonyl (C=O) groups is 1. The molecule has 1 unspecified atom stereocenters. The van der Waals surface area contributed by atoms with Gasteiger partial charge in [-0.2, -0.15) is 13.2 Å². The molecule has 0 bridgehead atoms. The van der Waals surface area contributed by atoms with Gasteiger partial charge in [0.25, 0.3) is 0 Å². The van der Waals surface area contributed by atoms with Gasteiger partial charge in [0.15, 0.2) is 11.8 Å². The highest BCUT2D eigenvalue weighted by Gasteiger charge is 2.28. The lowest BCUT2D eigenvalue weighted by molar-refractivity contribution is -0.173. The molecule has 96 valence electrons. The van der Waals surface area contributed by atoms with E-state index in [1.807, 2.05) is 0 Å². The molecule has 1 heterocycles. The quantitative estimate of drug-likeness (QED) is 0.743. The molecular weight excluding hydrogens is 263 g/mol. The number of hydrogen-bond donors (Lipinski definition) is 2. The highest BCUT2D eigenvalue weighted by molar-refractivity contribution is 8.05. The van der Waals surface area contributed by atoms with Gasteiger partial charge in [-0.1, -0.05) is 4.53 Å². The minimum absolute atomic E-state index is 0.0663. The van der Waals surface area contributed by atoms with E-state index in [2.05, 4.69) is 14.4 Å². The number of rotatable bonds is 4. The third-order valence-corrected chi connectivity index (χ3v) is 2.69. The van der Waals surface area contributed by atoms with Crippen molar-refractivity contribution in [2.24, 2.45) is 15.3 Å². The van der Waals surface area contributed by atoms with E-state index in [1.54, 1.807) is 0 Å². The Hall–Kier alpha value is -1.42. The molecule has 0 radical (unpaired) electrons. The molecule has 3 N–H and O–H groups in total. The van der Waals surface area contributed by atoms with Gasteiger partial charge in [0.05, 0.1) is 12.1 Å². The number of aliphatic carboxylic acids is 1. The van der Waals surface area contributed by atoms with Gasteiger partial charge in [0, 0.05) is 16.1 Å². The van der Waals surface area contributed by atoms with Crippen molar-refractivity contribution >= 4 is 21.8 Å². The molecule has 1 rings (SSSR count). The first-order valence-corrected chi connectivity index (χ1v) is 5.42. The molecular formula is C7H8F3N3O3S. The van der Waals surface area contributed by atoms with Crippen LogP contribution in [0.2, 0.25) is 0 Å². The van der Waals surface area contributed by atoms with Crippen LogP contribution in [0.3, 0.4) is 0 Å². The minimum Gasteiger partial charge on any atom is -0.481 e. The number of carboxylic acid groups (broad SMARTS) is 1. The zero-order valence-electron chi connectivity index (χ0n) is 8.27. The second-order valence-electron chi connectivity index (χ2n) is 2.91. The molecule has 0 aliphatic carbocycles. The fraction of sp³-hybridized carbons (Fsp3) is 0.429. The fourth-order valence-corrected chi connectivity index (χ4v) is 1.87. The molecule has 0 saturated heterocycles. The fourth-order valence-electron chi connectivity index (χ4n) is 0.856. The number of alkyl halides is 3. The summed E-state index contributed by atoms with van der Waals surface area (Å²) in [7, 11) is -1.25. The van der Waals surface area contributed by atoms with E-state index in [-0.39, 0.29) is 17.3 Å². The van der Waals surface area contributed by atoms with E-state index < -0.39 is 29.4 Å². The lowest BCUT2D eigenvalue weighted by Crippen LogP contribution is -2.17. The number of amidine groups is 1. The Bertz CT molecular complexity index is 416. The van der Waals surface area contributed by atoms with Crippen LogP contribution in [0.1, 0.15) is 6.42 Å². The summed E-state index contributed by atoms with van der Waals surface area (Å²) in [6, 6.07) is 0. The summed E-state index contributed by atoms with van der Waals surface area (Å²) < 4.78 is 38.4. The van der Waals surface area contributed by atoms with Crippen molar-refractivity contribution in [2.45, 2.75) is 12.6 Å². The van der Waals surface area contributed by atoms with Gasteiger partial charge in [-0.25, -0.2) is 9.83 Å². The maximum absolute atomic E-state index is 11.7.